The Balaban J connectivity index is 0.00000243. The second kappa shape index (κ2) is 9.38. The van der Waals surface area contributed by atoms with Gasteiger partial charge in [0.15, 0.2) is 0 Å². The first kappa shape index (κ1) is 20.7. The minimum atomic E-state index is 0. The summed E-state index contributed by atoms with van der Waals surface area (Å²) in [5.74, 6) is 1.55. The molecule has 1 aromatic rings. The zero-order chi connectivity index (χ0) is 17.8. The van der Waals surface area contributed by atoms with Crippen LogP contribution >= 0.6 is 12.4 Å². The number of carbonyl (C=O) groups is 2. The molecule has 2 aliphatic heterocycles. The Labute approximate surface area is 162 Å². The third-order valence-electron chi connectivity index (χ3n) is 5.74. The van der Waals surface area contributed by atoms with Crippen molar-refractivity contribution in [2.75, 3.05) is 39.3 Å². The highest BCUT2D eigenvalue weighted by Gasteiger charge is 2.31. The zero-order valence-corrected chi connectivity index (χ0v) is 16.6. The first-order valence-electron chi connectivity index (χ1n) is 9.53. The molecule has 6 heteroatoms. The minimum absolute atomic E-state index is 0. The second-order valence-electron chi connectivity index (χ2n) is 7.10. The van der Waals surface area contributed by atoms with E-state index in [1.807, 2.05) is 18.7 Å². The summed E-state index contributed by atoms with van der Waals surface area (Å²) in [7, 11) is 0. The van der Waals surface area contributed by atoms with Crippen LogP contribution in [0, 0.1) is 11.8 Å². The number of benzene rings is 1. The number of carbonyl (C=O) groups excluding carboxylic acids is 2. The van der Waals surface area contributed by atoms with Gasteiger partial charge >= 0.3 is 0 Å². The SMILES string of the molecule is CCN(CC)C(=O)c1ccc(C(=O)N2CC[C@@H]3CNC[C@@H]3CC2)cc1.Cl. The number of likely N-dealkylation sites (tertiary alicyclic amines) is 1. The molecule has 144 valence electrons. The van der Waals surface area contributed by atoms with E-state index in [0.29, 0.717) is 36.1 Å². The molecular weight excluding hydrogens is 350 g/mol. The van der Waals surface area contributed by atoms with Crippen molar-refractivity contribution >= 4 is 24.2 Å². The summed E-state index contributed by atoms with van der Waals surface area (Å²) < 4.78 is 0. The Kier molecular flexibility index (Phi) is 7.47. The molecule has 2 amide bonds. The number of fused-ring (bicyclic) bond motifs is 1. The molecule has 2 aliphatic rings. The van der Waals surface area contributed by atoms with E-state index in [4.69, 9.17) is 0 Å². The number of hydrogen-bond acceptors (Lipinski definition) is 3. The summed E-state index contributed by atoms with van der Waals surface area (Å²) in [6.45, 7) is 9.20. The average molecular weight is 380 g/mol. The molecule has 2 atom stereocenters. The molecule has 2 saturated heterocycles. The first-order chi connectivity index (χ1) is 12.1. The fourth-order valence-corrected chi connectivity index (χ4v) is 4.05. The van der Waals surface area contributed by atoms with Gasteiger partial charge in [0, 0.05) is 37.3 Å². The molecule has 0 aromatic heterocycles. The van der Waals surface area contributed by atoms with Crippen LogP contribution in [0.5, 0.6) is 0 Å². The van der Waals surface area contributed by atoms with Gasteiger partial charge in [-0.1, -0.05) is 0 Å². The van der Waals surface area contributed by atoms with Crippen LogP contribution in [0.25, 0.3) is 0 Å². The van der Waals surface area contributed by atoms with E-state index in [0.717, 1.165) is 39.0 Å². The van der Waals surface area contributed by atoms with Crippen molar-refractivity contribution in [2.24, 2.45) is 11.8 Å². The van der Waals surface area contributed by atoms with Gasteiger partial charge in [0.1, 0.15) is 0 Å². The minimum Gasteiger partial charge on any atom is -0.339 e. The summed E-state index contributed by atoms with van der Waals surface area (Å²) in [6, 6.07) is 7.16. The van der Waals surface area contributed by atoms with E-state index >= 15 is 0 Å². The molecule has 2 fully saturated rings. The Morgan fingerprint density at radius 2 is 1.50 bits per heavy atom. The van der Waals surface area contributed by atoms with Crippen LogP contribution in [0.2, 0.25) is 0 Å². The largest absolute Gasteiger partial charge is 0.339 e. The molecule has 26 heavy (non-hydrogen) atoms. The van der Waals surface area contributed by atoms with Gasteiger partial charge in [-0.2, -0.15) is 0 Å². The van der Waals surface area contributed by atoms with Crippen LogP contribution in [-0.2, 0) is 0 Å². The summed E-state index contributed by atoms with van der Waals surface area (Å²) in [5, 5.41) is 3.46. The van der Waals surface area contributed by atoms with Crippen LogP contribution < -0.4 is 5.32 Å². The Bertz CT molecular complexity index is 602. The van der Waals surface area contributed by atoms with Crippen molar-refractivity contribution in [2.45, 2.75) is 26.7 Å². The van der Waals surface area contributed by atoms with E-state index < -0.39 is 0 Å². The quantitative estimate of drug-likeness (QED) is 0.875. The van der Waals surface area contributed by atoms with Gasteiger partial charge in [0.05, 0.1) is 0 Å². The number of hydrogen-bond donors (Lipinski definition) is 1. The van der Waals surface area contributed by atoms with Crippen molar-refractivity contribution in [1.29, 1.82) is 0 Å². The molecule has 0 unspecified atom stereocenters. The lowest BCUT2D eigenvalue weighted by Gasteiger charge is -2.21. The number of nitrogens with zero attached hydrogens (tertiary/aromatic N) is 2. The predicted octanol–water partition coefficient (Wildman–Crippen LogP) is 2.66. The Morgan fingerprint density at radius 1 is 1.00 bits per heavy atom. The fraction of sp³-hybridized carbons (Fsp3) is 0.600. The summed E-state index contributed by atoms with van der Waals surface area (Å²) in [5.41, 5.74) is 1.33. The third-order valence-corrected chi connectivity index (χ3v) is 5.74. The average Bonchev–Trinajstić information content (AvgIpc) is 3.00. The number of rotatable bonds is 4. The van der Waals surface area contributed by atoms with Crippen LogP contribution in [0.1, 0.15) is 47.4 Å². The van der Waals surface area contributed by atoms with Gasteiger partial charge in [-0.05, 0) is 75.9 Å². The molecule has 5 nitrogen and oxygen atoms in total. The van der Waals surface area contributed by atoms with Gasteiger partial charge in [-0.3, -0.25) is 9.59 Å². The fourth-order valence-electron chi connectivity index (χ4n) is 4.05. The van der Waals surface area contributed by atoms with Crippen molar-refractivity contribution in [1.82, 2.24) is 15.1 Å². The third kappa shape index (κ3) is 4.38. The molecule has 2 heterocycles. The Hall–Kier alpha value is -1.59. The van der Waals surface area contributed by atoms with E-state index in [2.05, 4.69) is 5.32 Å². The van der Waals surface area contributed by atoms with E-state index in [1.165, 1.54) is 0 Å². The van der Waals surface area contributed by atoms with Gasteiger partial charge in [-0.25, -0.2) is 0 Å². The maximum absolute atomic E-state index is 12.8. The van der Waals surface area contributed by atoms with E-state index in [1.54, 1.807) is 29.2 Å². The van der Waals surface area contributed by atoms with Crippen LogP contribution in [0.15, 0.2) is 24.3 Å². The van der Waals surface area contributed by atoms with Crippen molar-refractivity contribution in [3.8, 4) is 0 Å². The number of nitrogens with one attached hydrogen (secondary N) is 1. The monoisotopic (exact) mass is 379 g/mol. The lowest BCUT2D eigenvalue weighted by Crippen LogP contribution is -2.33. The van der Waals surface area contributed by atoms with Gasteiger partial charge in [-0.15, -0.1) is 12.4 Å². The standard InChI is InChI=1S/C20H29N3O2.ClH/c1-3-22(4-2)19(24)15-5-7-16(8-6-15)20(25)23-11-9-17-13-21-14-18(17)10-12-23;/h5-8,17-18,21H,3-4,9-14H2,1-2H3;1H/t17-,18+;. The molecule has 3 rings (SSSR count). The normalized spacial score (nSPS) is 22.2. The van der Waals surface area contributed by atoms with E-state index in [9.17, 15) is 9.59 Å². The van der Waals surface area contributed by atoms with Gasteiger partial charge < -0.3 is 15.1 Å². The lowest BCUT2D eigenvalue weighted by atomic mass is 9.92. The highest BCUT2D eigenvalue weighted by atomic mass is 35.5. The van der Waals surface area contributed by atoms with Crippen LogP contribution in [-0.4, -0.2) is 60.9 Å². The smallest absolute Gasteiger partial charge is 0.253 e. The topological polar surface area (TPSA) is 52.7 Å². The summed E-state index contributed by atoms with van der Waals surface area (Å²) in [6.07, 6.45) is 2.17. The maximum atomic E-state index is 12.8. The molecular formula is C20H30ClN3O2. The molecule has 0 radical (unpaired) electrons. The number of amides is 2. The first-order valence-corrected chi connectivity index (χ1v) is 9.53. The predicted molar refractivity (Wildman–Crippen MR) is 106 cm³/mol. The highest BCUT2D eigenvalue weighted by Crippen LogP contribution is 2.27. The maximum Gasteiger partial charge on any atom is 0.253 e. The molecule has 0 aliphatic carbocycles. The molecule has 1 aromatic carbocycles. The molecule has 0 spiro atoms. The van der Waals surface area contributed by atoms with Gasteiger partial charge in [0.25, 0.3) is 11.8 Å². The summed E-state index contributed by atoms with van der Waals surface area (Å²) >= 11 is 0. The molecule has 1 N–H and O–H groups in total. The molecule has 0 bridgehead atoms. The van der Waals surface area contributed by atoms with Crippen molar-refractivity contribution in [3.05, 3.63) is 35.4 Å². The number of halogens is 1. The van der Waals surface area contributed by atoms with Crippen LogP contribution in [0.4, 0.5) is 0 Å². The zero-order valence-electron chi connectivity index (χ0n) is 15.7. The lowest BCUT2D eigenvalue weighted by molar-refractivity contribution is 0.0751. The second-order valence-corrected chi connectivity index (χ2v) is 7.10. The van der Waals surface area contributed by atoms with Crippen molar-refractivity contribution in [3.63, 3.8) is 0 Å². The van der Waals surface area contributed by atoms with Crippen molar-refractivity contribution < 1.29 is 9.59 Å². The van der Waals surface area contributed by atoms with Gasteiger partial charge in [0.2, 0.25) is 0 Å². The summed E-state index contributed by atoms with van der Waals surface area (Å²) in [4.78, 5) is 29.0. The highest BCUT2D eigenvalue weighted by molar-refractivity contribution is 5.97. The molecule has 0 saturated carbocycles. The van der Waals surface area contributed by atoms with E-state index in [-0.39, 0.29) is 24.2 Å². The Morgan fingerprint density at radius 3 is 2.00 bits per heavy atom. The van der Waals surface area contributed by atoms with Crippen LogP contribution in [0.3, 0.4) is 0 Å².